The average molecular weight is 247 g/mol. The van der Waals surface area contributed by atoms with Crippen molar-refractivity contribution in [1.29, 1.82) is 0 Å². The first-order chi connectivity index (χ1) is 8.59. The molecular formula is C14H21N3O. The number of anilines is 2. The van der Waals surface area contributed by atoms with Crippen molar-refractivity contribution in [1.82, 2.24) is 0 Å². The Hall–Kier alpha value is -1.71. The van der Waals surface area contributed by atoms with Gasteiger partial charge in [0.1, 0.15) is 0 Å². The molecule has 1 amide bonds. The number of amides is 1. The van der Waals surface area contributed by atoms with Crippen LogP contribution in [-0.4, -0.2) is 19.5 Å². The molecule has 0 spiro atoms. The SMILES string of the molecule is CN(CC1CCCC1)c1c(N)cccc1C(N)=O. The molecule has 0 bridgehead atoms. The minimum Gasteiger partial charge on any atom is -0.397 e. The summed E-state index contributed by atoms with van der Waals surface area (Å²) in [6.07, 6.45) is 5.16. The number of para-hydroxylation sites is 1. The van der Waals surface area contributed by atoms with Gasteiger partial charge in [0.2, 0.25) is 0 Å². The molecular weight excluding hydrogens is 226 g/mol. The van der Waals surface area contributed by atoms with Gasteiger partial charge in [0.05, 0.1) is 16.9 Å². The van der Waals surface area contributed by atoms with E-state index in [1.807, 2.05) is 13.1 Å². The summed E-state index contributed by atoms with van der Waals surface area (Å²) in [4.78, 5) is 13.5. The van der Waals surface area contributed by atoms with Gasteiger partial charge in [-0.3, -0.25) is 4.79 Å². The third-order valence-corrected chi connectivity index (χ3v) is 3.72. The second-order valence-electron chi connectivity index (χ2n) is 5.14. The average Bonchev–Trinajstić information content (AvgIpc) is 2.81. The summed E-state index contributed by atoms with van der Waals surface area (Å²) in [6.45, 7) is 0.939. The molecule has 1 aliphatic carbocycles. The highest BCUT2D eigenvalue weighted by Crippen LogP contribution is 2.31. The Morgan fingerprint density at radius 3 is 2.67 bits per heavy atom. The van der Waals surface area contributed by atoms with Crippen molar-refractivity contribution in [3.63, 3.8) is 0 Å². The van der Waals surface area contributed by atoms with E-state index in [1.54, 1.807) is 12.1 Å². The van der Waals surface area contributed by atoms with Gasteiger partial charge in [0.25, 0.3) is 5.91 Å². The second-order valence-corrected chi connectivity index (χ2v) is 5.14. The molecule has 1 saturated carbocycles. The minimum atomic E-state index is -0.421. The molecule has 98 valence electrons. The predicted molar refractivity (Wildman–Crippen MR) is 74.6 cm³/mol. The Balaban J connectivity index is 2.22. The third-order valence-electron chi connectivity index (χ3n) is 3.72. The number of rotatable bonds is 4. The van der Waals surface area contributed by atoms with Crippen molar-refractivity contribution in [3.8, 4) is 0 Å². The second kappa shape index (κ2) is 5.29. The van der Waals surface area contributed by atoms with Gasteiger partial charge in [-0.15, -0.1) is 0 Å². The minimum absolute atomic E-state index is 0.421. The molecule has 2 rings (SSSR count). The van der Waals surface area contributed by atoms with Gasteiger partial charge in [-0.05, 0) is 30.9 Å². The quantitative estimate of drug-likeness (QED) is 0.799. The number of nitrogens with zero attached hydrogens (tertiary/aromatic N) is 1. The van der Waals surface area contributed by atoms with Gasteiger partial charge < -0.3 is 16.4 Å². The van der Waals surface area contributed by atoms with Gasteiger partial charge in [-0.1, -0.05) is 18.9 Å². The Kier molecular flexibility index (Phi) is 3.75. The van der Waals surface area contributed by atoms with Crippen LogP contribution in [0.15, 0.2) is 18.2 Å². The van der Waals surface area contributed by atoms with Gasteiger partial charge in [0.15, 0.2) is 0 Å². The van der Waals surface area contributed by atoms with Crippen LogP contribution in [0.1, 0.15) is 36.0 Å². The van der Waals surface area contributed by atoms with Crippen LogP contribution < -0.4 is 16.4 Å². The van der Waals surface area contributed by atoms with E-state index < -0.39 is 5.91 Å². The molecule has 4 nitrogen and oxygen atoms in total. The molecule has 0 heterocycles. The maximum absolute atomic E-state index is 11.5. The van der Waals surface area contributed by atoms with Crippen molar-refractivity contribution in [2.75, 3.05) is 24.2 Å². The zero-order valence-electron chi connectivity index (χ0n) is 10.9. The molecule has 1 aromatic carbocycles. The lowest BCUT2D eigenvalue weighted by molar-refractivity contribution is 0.100. The van der Waals surface area contributed by atoms with E-state index in [9.17, 15) is 4.79 Å². The third kappa shape index (κ3) is 2.58. The van der Waals surface area contributed by atoms with E-state index in [4.69, 9.17) is 11.5 Å². The van der Waals surface area contributed by atoms with E-state index in [0.29, 0.717) is 17.2 Å². The molecule has 4 N–H and O–H groups in total. The monoisotopic (exact) mass is 247 g/mol. The van der Waals surface area contributed by atoms with Crippen molar-refractivity contribution in [2.45, 2.75) is 25.7 Å². The largest absolute Gasteiger partial charge is 0.397 e. The molecule has 18 heavy (non-hydrogen) atoms. The number of nitrogens with two attached hydrogens (primary N) is 2. The van der Waals surface area contributed by atoms with Gasteiger partial charge >= 0.3 is 0 Å². The molecule has 4 heteroatoms. The number of primary amides is 1. The zero-order valence-corrected chi connectivity index (χ0v) is 10.9. The molecule has 0 aliphatic heterocycles. The number of hydrogen-bond acceptors (Lipinski definition) is 3. The normalized spacial score (nSPS) is 15.8. The smallest absolute Gasteiger partial charge is 0.250 e. The first-order valence-electron chi connectivity index (χ1n) is 6.49. The standard InChI is InChI=1S/C14H21N3O/c1-17(9-10-5-2-3-6-10)13-11(14(16)18)7-4-8-12(13)15/h4,7-8,10H,2-3,5-6,9,15H2,1H3,(H2,16,18). The molecule has 1 fully saturated rings. The first-order valence-corrected chi connectivity index (χ1v) is 6.49. The molecule has 0 radical (unpaired) electrons. The maximum atomic E-state index is 11.5. The van der Waals surface area contributed by atoms with E-state index in [2.05, 4.69) is 4.90 Å². The lowest BCUT2D eigenvalue weighted by Gasteiger charge is -2.26. The van der Waals surface area contributed by atoms with Crippen molar-refractivity contribution in [3.05, 3.63) is 23.8 Å². The molecule has 1 aliphatic rings. The molecule has 1 aromatic rings. The summed E-state index contributed by atoms with van der Waals surface area (Å²) in [5, 5.41) is 0. The van der Waals surface area contributed by atoms with E-state index in [0.717, 1.165) is 12.2 Å². The fourth-order valence-electron chi connectivity index (χ4n) is 2.86. The highest BCUT2D eigenvalue weighted by molar-refractivity contribution is 6.01. The van der Waals surface area contributed by atoms with Crippen molar-refractivity contribution >= 4 is 17.3 Å². The molecule has 0 atom stereocenters. The predicted octanol–water partition coefficient (Wildman–Crippen LogP) is 1.99. The molecule has 0 unspecified atom stereocenters. The van der Waals surface area contributed by atoms with Gasteiger partial charge in [0, 0.05) is 13.6 Å². The van der Waals surface area contributed by atoms with Crippen LogP contribution in [-0.2, 0) is 0 Å². The Bertz CT molecular complexity index is 439. The lowest BCUT2D eigenvalue weighted by atomic mass is 10.1. The summed E-state index contributed by atoms with van der Waals surface area (Å²) in [7, 11) is 1.98. The summed E-state index contributed by atoms with van der Waals surface area (Å²) < 4.78 is 0. The van der Waals surface area contributed by atoms with E-state index in [1.165, 1.54) is 25.7 Å². The molecule has 0 saturated heterocycles. The number of benzene rings is 1. The Morgan fingerprint density at radius 1 is 1.39 bits per heavy atom. The number of carbonyl (C=O) groups excluding carboxylic acids is 1. The number of hydrogen-bond donors (Lipinski definition) is 2. The Morgan fingerprint density at radius 2 is 2.06 bits per heavy atom. The Labute approximate surface area is 108 Å². The van der Waals surface area contributed by atoms with Crippen LogP contribution >= 0.6 is 0 Å². The number of carbonyl (C=O) groups is 1. The summed E-state index contributed by atoms with van der Waals surface area (Å²) >= 11 is 0. The van der Waals surface area contributed by atoms with Crippen molar-refractivity contribution in [2.24, 2.45) is 11.7 Å². The summed E-state index contributed by atoms with van der Waals surface area (Å²) in [5.41, 5.74) is 13.3. The summed E-state index contributed by atoms with van der Waals surface area (Å²) in [5.74, 6) is 0.283. The highest BCUT2D eigenvalue weighted by Gasteiger charge is 2.20. The van der Waals surface area contributed by atoms with Gasteiger partial charge in [-0.2, -0.15) is 0 Å². The lowest BCUT2D eigenvalue weighted by Crippen LogP contribution is -2.28. The van der Waals surface area contributed by atoms with Crippen LogP contribution in [0.4, 0.5) is 11.4 Å². The van der Waals surface area contributed by atoms with Crippen LogP contribution in [0.2, 0.25) is 0 Å². The molecule has 0 aromatic heterocycles. The van der Waals surface area contributed by atoms with Gasteiger partial charge in [-0.25, -0.2) is 0 Å². The highest BCUT2D eigenvalue weighted by atomic mass is 16.1. The maximum Gasteiger partial charge on any atom is 0.250 e. The zero-order chi connectivity index (χ0) is 13.1. The van der Waals surface area contributed by atoms with E-state index >= 15 is 0 Å². The van der Waals surface area contributed by atoms with Crippen LogP contribution in [0.3, 0.4) is 0 Å². The fourth-order valence-corrected chi connectivity index (χ4v) is 2.86. The fraction of sp³-hybridized carbons (Fsp3) is 0.500. The van der Waals surface area contributed by atoms with Crippen LogP contribution in [0.5, 0.6) is 0 Å². The number of nitrogen functional groups attached to an aromatic ring is 1. The first kappa shape index (κ1) is 12.7. The summed E-state index contributed by atoms with van der Waals surface area (Å²) in [6, 6.07) is 5.31. The van der Waals surface area contributed by atoms with Crippen LogP contribution in [0.25, 0.3) is 0 Å². The van der Waals surface area contributed by atoms with Crippen LogP contribution in [0, 0.1) is 5.92 Å². The topological polar surface area (TPSA) is 72.3 Å². The van der Waals surface area contributed by atoms with E-state index in [-0.39, 0.29) is 0 Å². The van der Waals surface area contributed by atoms with Crippen molar-refractivity contribution < 1.29 is 4.79 Å².